The minimum atomic E-state index is 0.798. The minimum Gasteiger partial charge on any atom is -0.494 e. The molecule has 0 aliphatic rings. The normalized spacial score (nSPS) is 10.8. The number of ether oxygens (including phenoxy) is 1. The van der Waals surface area contributed by atoms with Crippen LogP contribution < -0.4 is 4.74 Å². The second kappa shape index (κ2) is 7.13. The molecule has 0 saturated heterocycles. The van der Waals surface area contributed by atoms with E-state index in [1.165, 1.54) is 29.7 Å². The molecular weight excluding hydrogens is 248 g/mol. The van der Waals surface area contributed by atoms with E-state index in [2.05, 4.69) is 43.1 Å². The maximum absolute atomic E-state index is 5.75. The maximum atomic E-state index is 5.75. The Balaban J connectivity index is 1.63. The average Bonchev–Trinajstić information content (AvgIpc) is 2.74. The third kappa shape index (κ3) is 4.12. The lowest BCUT2D eigenvalue weighted by Gasteiger charge is -2.07. The topological polar surface area (TPSA) is 37.9 Å². The standard InChI is InChI=1S/C17H24N2O/c1-13-8-7-9-16(12-13)20-11-6-4-5-10-17-14(2)18-19-15(17)3/h7-9,12H,4-6,10-11H2,1-3H3,(H,18,19). The summed E-state index contributed by atoms with van der Waals surface area (Å²) in [6, 6.07) is 8.22. The molecule has 0 radical (unpaired) electrons. The van der Waals surface area contributed by atoms with E-state index >= 15 is 0 Å². The van der Waals surface area contributed by atoms with Crippen LogP contribution in [0.5, 0.6) is 5.75 Å². The van der Waals surface area contributed by atoms with Gasteiger partial charge in [0.2, 0.25) is 0 Å². The molecule has 108 valence electrons. The molecule has 0 amide bonds. The van der Waals surface area contributed by atoms with Gasteiger partial charge in [0, 0.05) is 5.69 Å². The maximum Gasteiger partial charge on any atom is 0.119 e. The Morgan fingerprint density at radius 2 is 1.95 bits per heavy atom. The molecule has 0 bridgehead atoms. The predicted octanol–water partition coefficient (Wildman–Crippen LogP) is 4.13. The van der Waals surface area contributed by atoms with Crippen LogP contribution in [0.15, 0.2) is 24.3 Å². The number of aromatic amines is 1. The summed E-state index contributed by atoms with van der Waals surface area (Å²) in [6.45, 7) is 7.05. The molecule has 0 atom stereocenters. The van der Waals surface area contributed by atoms with Crippen molar-refractivity contribution in [2.24, 2.45) is 0 Å². The Kier molecular flexibility index (Phi) is 5.22. The van der Waals surface area contributed by atoms with Gasteiger partial charge < -0.3 is 4.74 Å². The summed E-state index contributed by atoms with van der Waals surface area (Å²) in [6.07, 6.45) is 4.59. The van der Waals surface area contributed by atoms with Crippen LogP contribution in [0.1, 0.15) is 41.8 Å². The van der Waals surface area contributed by atoms with Crippen molar-refractivity contribution in [3.05, 3.63) is 46.8 Å². The molecule has 1 heterocycles. The first-order valence-electron chi connectivity index (χ1n) is 7.36. The average molecular weight is 272 g/mol. The number of hydrogen-bond donors (Lipinski definition) is 1. The van der Waals surface area contributed by atoms with Gasteiger partial charge >= 0.3 is 0 Å². The summed E-state index contributed by atoms with van der Waals surface area (Å²) < 4.78 is 5.75. The third-order valence-electron chi connectivity index (χ3n) is 3.61. The molecule has 0 aliphatic carbocycles. The van der Waals surface area contributed by atoms with Crippen LogP contribution in [0.2, 0.25) is 0 Å². The van der Waals surface area contributed by atoms with Crippen LogP contribution in [0.25, 0.3) is 0 Å². The summed E-state index contributed by atoms with van der Waals surface area (Å²) in [5, 5.41) is 7.27. The molecule has 0 spiro atoms. The first kappa shape index (κ1) is 14.6. The Labute approximate surface area is 121 Å². The molecule has 1 N–H and O–H groups in total. The SMILES string of the molecule is Cc1cccc(OCCCCCc2c(C)n[nH]c2C)c1. The fraction of sp³-hybridized carbons (Fsp3) is 0.471. The number of nitrogens with one attached hydrogen (secondary N) is 1. The van der Waals surface area contributed by atoms with E-state index in [0.717, 1.165) is 30.9 Å². The summed E-state index contributed by atoms with van der Waals surface area (Å²) >= 11 is 0. The molecule has 2 aromatic rings. The van der Waals surface area contributed by atoms with Gasteiger partial charge in [-0.2, -0.15) is 5.10 Å². The molecular formula is C17H24N2O. The zero-order valence-corrected chi connectivity index (χ0v) is 12.7. The first-order valence-corrected chi connectivity index (χ1v) is 7.36. The lowest BCUT2D eigenvalue weighted by atomic mass is 10.1. The van der Waals surface area contributed by atoms with Gasteiger partial charge in [-0.05, 0) is 69.7 Å². The number of aryl methyl sites for hydroxylation is 3. The molecule has 3 nitrogen and oxygen atoms in total. The van der Waals surface area contributed by atoms with Crippen LogP contribution in [0.4, 0.5) is 0 Å². The largest absolute Gasteiger partial charge is 0.494 e. The molecule has 3 heteroatoms. The Morgan fingerprint density at radius 1 is 1.10 bits per heavy atom. The summed E-state index contributed by atoms with van der Waals surface area (Å²) in [5.41, 5.74) is 4.97. The highest BCUT2D eigenvalue weighted by Gasteiger charge is 2.05. The number of unbranched alkanes of at least 4 members (excludes halogenated alkanes) is 2. The highest BCUT2D eigenvalue weighted by atomic mass is 16.5. The smallest absolute Gasteiger partial charge is 0.119 e. The van der Waals surface area contributed by atoms with E-state index in [1.54, 1.807) is 0 Å². The van der Waals surface area contributed by atoms with Gasteiger partial charge in [-0.25, -0.2) is 0 Å². The lowest BCUT2D eigenvalue weighted by Crippen LogP contribution is -1.98. The number of hydrogen-bond acceptors (Lipinski definition) is 2. The fourth-order valence-corrected chi connectivity index (χ4v) is 2.42. The van der Waals surface area contributed by atoms with Crippen molar-refractivity contribution in [3.63, 3.8) is 0 Å². The number of nitrogens with zero attached hydrogens (tertiary/aromatic N) is 1. The summed E-state index contributed by atoms with van der Waals surface area (Å²) in [7, 11) is 0. The molecule has 1 aromatic carbocycles. The zero-order valence-electron chi connectivity index (χ0n) is 12.7. The van der Waals surface area contributed by atoms with Crippen molar-refractivity contribution in [2.75, 3.05) is 6.61 Å². The first-order chi connectivity index (χ1) is 9.66. The third-order valence-corrected chi connectivity index (χ3v) is 3.61. The van der Waals surface area contributed by atoms with Crippen LogP contribution in [0.3, 0.4) is 0 Å². The lowest BCUT2D eigenvalue weighted by molar-refractivity contribution is 0.305. The second-order valence-corrected chi connectivity index (χ2v) is 5.39. The molecule has 20 heavy (non-hydrogen) atoms. The molecule has 2 rings (SSSR count). The number of H-pyrrole nitrogens is 1. The van der Waals surface area contributed by atoms with Crippen molar-refractivity contribution >= 4 is 0 Å². The van der Waals surface area contributed by atoms with E-state index in [9.17, 15) is 0 Å². The highest BCUT2D eigenvalue weighted by molar-refractivity contribution is 5.27. The van der Waals surface area contributed by atoms with E-state index in [-0.39, 0.29) is 0 Å². The number of benzene rings is 1. The highest BCUT2D eigenvalue weighted by Crippen LogP contribution is 2.15. The molecule has 0 saturated carbocycles. The number of rotatable bonds is 7. The van der Waals surface area contributed by atoms with E-state index in [0.29, 0.717) is 0 Å². The van der Waals surface area contributed by atoms with E-state index in [4.69, 9.17) is 4.74 Å². The van der Waals surface area contributed by atoms with E-state index < -0.39 is 0 Å². The second-order valence-electron chi connectivity index (χ2n) is 5.39. The molecule has 0 unspecified atom stereocenters. The Hall–Kier alpha value is -1.77. The molecule has 1 aromatic heterocycles. The zero-order chi connectivity index (χ0) is 14.4. The van der Waals surface area contributed by atoms with Gasteiger partial charge in [-0.15, -0.1) is 0 Å². The number of aromatic nitrogens is 2. The van der Waals surface area contributed by atoms with Crippen LogP contribution in [0, 0.1) is 20.8 Å². The van der Waals surface area contributed by atoms with Gasteiger partial charge in [0.25, 0.3) is 0 Å². The minimum absolute atomic E-state index is 0.798. The van der Waals surface area contributed by atoms with Crippen molar-refractivity contribution in [3.8, 4) is 5.75 Å². The monoisotopic (exact) mass is 272 g/mol. The van der Waals surface area contributed by atoms with Crippen LogP contribution in [-0.4, -0.2) is 16.8 Å². The summed E-state index contributed by atoms with van der Waals surface area (Å²) in [4.78, 5) is 0. The van der Waals surface area contributed by atoms with Gasteiger partial charge in [-0.3, -0.25) is 5.10 Å². The van der Waals surface area contributed by atoms with Gasteiger partial charge in [0.05, 0.1) is 12.3 Å². The van der Waals surface area contributed by atoms with Gasteiger partial charge in [0.15, 0.2) is 0 Å². The Bertz CT molecular complexity index is 526. The van der Waals surface area contributed by atoms with E-state index in [1.807, 2.05) is 12.1 Å². The fourth-order valence-electron chi connectivity index (χ4n) is 2.42. The summed E-state index contributed by atoms with van der Waals surface area (Å²) in [5.74, 6) is 0.978. The Morgan fingerprint density at radius 3 is 2.65 bits per heavy atom. The quantitative estimate of drug-likeness (QED) is 0.770. The molecule has 0 fully saturated rings. The van der Waals surface area contributed by atoms with Gasteiger partial charge in [-0.1, -0.05) is 12.1 Å². The van der Waals surface area contributed by atoms with Crippen molar-refractivity contribution in [2.45, 2.75) is 46.5 Å². The van der Waals surface area contributed by atoms with Crippen molar-refractivity contribution in [1.82, 2.24) is 10.2 Å². The molecule has 0 aliphatic heterocycles. The van der Waals surface area contributed by atoms with Crippen LogP contribution in [-0.2, 0) is 6.42 Å². The van der Waals surface area contributed by atoms with Crippen molar-refractivity contribution < 1.29 is 4.74 Å². The van der Waals surface area contributed by atoms with Crippen LogP contribution >= 0.6 is 0 Å². The predicted molar refractivity (Wildman–Crippen MR) is 82.3 cm³/mol. The van der Waals surface area contributed by atoms with Crippen molar-refractivity contribution in [1.29, 1.82) is 0 Å². The van der Waals surface area contributed by atoms with Gasteiger partial charge in [0.1, 0.15) is 5.75 Å².